The van der Waals surface area contributed by atoms with E-state index in [1.807, 2.05) is 6.92 Å². The third-order valence-corrected chi connectivity index (χ3v) is 4.24. The van der Waals surface area contributed by atoms with Gasteiger partial charge in [-0.3, -0.25) is 4.79 Å². The Morgan fingerprint density at radius 1 is 1.42 bits per heavy atom. The molecule has 0 aromatic heterocycles. The molecule has 1 aromatic carbocycles. The molecule has 0 spiro atoms. The van der Waals surface area contributed by atoms with Crippen molar-refractivity contribution in [2.24, 2.45) is 5.92 Å². The van der Waals surface area contributed by atoms with Crippen LogP contribution in [0.25, 0.3) is 0 Å². The number of aliphatic hydroxyl groups excluding tert-OH is 1. The Morgan fingerprint density at radius 2 is 2.15 bits per heavy atom. The monoisotopic (exact) mass is 361 g/mol. The van der Waals surface area contributed by atoms with Crippen molar-refractivity contribution in [2.45, 2.75) is 32.0 Å². The van der Waals surface area contributed by atoms with Gasteiger partial charge in [-0.05, 0) is 43.5 Å². The number of benzene rings is 1. The lowest BCUT2D eigenvalue weighted by Crippen LogP contribution is -2.39. The number of ether oxygens (including phenoxy) is 2. The molecular formula is C20H24FNO4. The van der Waals surface area contributed by atoms with Gasteiger partial charge in [0.05, 0.1) is 6.54 Å². The Bertz CT molecular complexity index is 665. The van der Waals surface area contributed by atoms with Gasteiger partial charge in [0, 0.05) is 25.0 Å². The van der Waals surface area contributed by atoms with Crippen LogP contribution in [0.2, 0.25) is 0 Å². The fourth-order valence-electron chi connectivity index (χ4n) is 3.05. The molecular weight excluding hydrogens is 337 g/mol. The highest BCUT2D eigenvalue weighted by Gasteiger charge is 2.37. The molecule has 140 valence electrons. The second-order valence-corrected chi connectivity index (χ2v) is 5.97. The molecule has 1 aliphatic heterocycles. The lowest BCUT2D eigenvalue weighted by molar-refractivity contribution is -0.166. The van der Waals surface area contributed by atoms with Crippen LogP contribution in [0.3, 0.4) is 0 Å². The van der Waals surface area contributed by atoms with Crippen molar-refractivity contribution in [3.8, 4) is 12.3 Å². The maximum Gasteiger partial charge on any atom is 0.286 e. The summed E-state index contributed by atoms with van der Waals surface area (Å²) < 4.78 is 24.8. The van der Waals surface area contributed by atoms with Gasteiger partial charge in [0.1, 0.15) is 5.82 Å². The summed E-state index contributed by atoms with van der Waals surface area (Å²) in [5, 5.41) is 11.8. The van der Waals surface area contributed by atoms with E-state index in [0.29, 0.717) is 19.4 Å². The number of rotatable bonds is 8. The van der Waals surface area contributed by atoms with Crippen LogP contribution in [-0.2, 0) is 14.3 Å². The van der Waals surface area contributed by atoms with Gasteiger partial charge >= 0.3 is 0 Å². The van der Waals surface area contributed by atoms with E-state index in [-0.39, 0.29) is 36.6 Å². The smallest absolute Gasteiger partial charge is 0.286 e. The number of halogens is 1. The van der Waals surface area contributed by atoms with Crippen molar-refractivity contribution in [1.82, 2.24) is 5.32 Å². The van der Waals surface area contributed by atoms with Crippen LogP contribution >= 0.6 is 0 Å². The second kappa shape index (κ2) is 9.95. The summed E-state index contributed by atoms with van der Waals surface area (Å²) in [7, 11) is 0. The zero-order valence-corrected chi connectivity index (χ0v) is 14.8. The van der Waals surface area contributed by atoms with Crippen molar-refractivity contribution in [1.29, 1.82) is 0 Å². The zero-order chi connectivity index (χ0) is 18.9. The Balaban J connectivity index is 2.37. The summed E-state index contributed by atoms with van der Waals surface area (Å²) in [4.78, 5) is 12.3. The number of terminal acetylenes is 1. The Morgan fingerprint density at radius 3 is 2.77 bits per heavy atom. The molecule has 0 fully saturated rings. The number of amides is 1. The third-order valence-electron chi connectivity index (χ3n) is 4.24. The van der Waals surface area contributed by atoms with Crippen LogP contribution in [0, 0.1) is 24.1 Å². The molecule has 1 amide bonds. The highest BCUT2D eigenvalue weighted by molar-refractivity contribution is 5.91. The van der Waals surface area contributed by atoms with Gasteiger partial charge in [-0.2, -0.15) is 0 Å². The van der Waals surface area contributed by atoms with Crippen molar-refractivity contribution in [3.05, 3.63) is 47.5 Å². The first-order valence-corrected chi connectivity index (χ1v) is 8.68. The van der Waals surface area contributed by atoms with Gasteiger partial charge in [0.2, 0.25) is 6.29 Å². The maximum atomic E-state index is 13.3. The number of allylic oxidation sites excluding steroid dienone is 1. The topological polar surface area (TPSA) is 67.8 Å². The molecule has 0 saturated heterocycles. The average Bonchev–Trinajstić information content (AvgIpc) is 2.65. The molecule has 1 heterocycles. The number of aliphatic hydroxyl groups is 1. The van der Waals surface area contributed by atoms with E-state index in [0.717, 1.165) is 5.56 Å². The highest BCUT2D eigenvalue weighted by atomic mass is 19.1. The molecule has 0 aliphatic carbocycles. The van der Waals surface area contributed by atoms with Gasteiger partial charge in [0.25, 0.3) is 5.91 Å². The molecule has 26 heavy (non-hydrogen) atoms. The van der Waals surface area contributed by atoms with Crippen molar-refractivity contribution in [2.75, 3.05) is 19.8 Å². The number of carbonyl (C=O) groups is 1. The first-order valence-electron chi connectivity index (χ1n) is 8.68. The molecule has 2 rings (SSSR count). The summed E-state index contributed by atoms with van der Waals surface area (Å²) in [5.41, 5.74) is 0.851. The minimum atomic E-state index is -0.641. The van der Waals surface area contributed by atoms with Crippen LogP contribution in [0.15, 0.2) is 36.1 Å². The second-order valence-electron chi connectivity index (χ2n) is 5.97. The summed E-state index contributed by atoms with van der Waals surface area (Å²) in [5.74, 6) is 1.41. The molecule has 0 bridgehead atoms. The predicted octanol–water partition coefficient (Wildman–Crippen LogP) is 2.32. The lowest BCUT2D eigenvalue weighted by atomic mass is 9.80. The fraction of sp³-hybridized carbons (Fsp3) is 0.450. The van der Waals surface area contributed by atoms with Gasteiger partial charge in [0.15, 0.2) is 5.76 Å². The highest BCUT2D eigenvalue weighted by Crippen LogP contribution is 2.39. The van der Waals surface area contributed by atoms with E-state index in [1.165, 1.54) is 12.1 Å². The number of nitrogens with one attached hydrogen (secondary N) is 1. The average molecular weight is 361 g/mol. The molecule has 5 nitrogen and oxygen atoms in total. The summed E-state index contributed by atoms with van der Waals surface area (Å²) >= 11 is 0. The van der Waals surface area contributed by atoms with Crippen LogP contribution < -0.4 is 5.32 Å². The van der Waals surface area contributed by atoms with E-state index < -0.39 is 12.2 Å². The lowest BCUT2D eigenvalue weighted by Gasteiger charge is -2.37. The van der Waals surface area contributed by atoms with E-state index in [1.54, 1.807) is 18.2 Å². The normalized spacial score (nSPS) is 22.1. The standard InChI is InChI=1S/C20H24FNO4/c1-3-11-22-19(24)18-13-17(14-7-9-15(21)10-8-14)16(6-5-12-23)20(26-18)25-4-2/h1,7-10,13,16-17,20,23H,4-6,11-12H2,2H3,(H,22,24)/t16-,17+,20+/m1/s1. The zero-order valence-electron chi connectivity index (χ0n) is 14.8. The molecule has 0 unspecified atom stereocenters. The van der Waals surface area contributed by atoms with Crippen LogP contribution in [0.4, 0.5) is 4.39 Å². The van der Waals surface area contributed by atoms with Crippen molar-refractivity contribution >= 4 is 5.91 Å². The Kier molecular flexibility index (Phi) is 7.64. The Hall–Kier alpha value is -2.36. The van der Waals surface area contributed by atoms with Crippen LogP contribution in [-0.4, -0.2) is 37.1 Å². The van der Waals surface area contributed by atoms with E-state index in [2.05, 4.69) is 11.2 Å². The van der Waals surface area contributed by atoms with Crippen molar-refractivity contribution < 1.29 is 23.8 Å². The minimum Gasteiger partial charge on any atom is -0.459 e. The van der Waals surface area contributed by atoms with Gasteiger partial charge in [-0.15, -0.1) is 6.42 Å². The molecule has 0 saturated carbocycles. The van der Waals surface area contributed by atoms with E-state index in [4.69, 9.17) is 15.9 Å². The summed E-state index contributed by atoms with van der Waals surface area (Å²) in [6, 6.07) is 6.15. The van der Waals surface area contributed by atoms with Gasteiger partial charge < -0.3 is 19.9 Å². The molecule has 3 atom stereocenters. The molecule has 1 aromatic rings. The number of carbonyl (C=O) groups excluding carboxylic acids is 1. The number of hydrogen-bond acceptors (Lipinski definition) is 4. The minimum absolute atomic E-state index is 0.0463. The first-order chi connectivity index (χ1) is 12.6. The first kappa shape index (κ1) is 20.0. The van der Waals surface area contributed by atoms with Crippen molar-refractivity contribution in [3.63, 3.8) is 0 Å². The van der Waals surface area contributed by atoms with E-state index >= 15 is 0 Å². The summed E-state index contributed by atoms with van der Waals surface area (Å²) in [6.45, 7) is 2.39. The largest absolute Gasteiger partial charge is 0.459 e. The van der Waals surface area contributed by atoms with Gasteiger partial charge in [-0.25, -0.2) is 4.39 Å². The third kappa shape index (κ3) is 5.07. The SMILES string of the molecule is C#CCNC(=O)C1=C[C@@H](c2ccc(F)cc2)[C@@H](CCCO)[C@@H](OCC)O1. The summed E-state index contributed by atoms with van der Waals surface area (Å²) in [6.07, 6.45) is 7.47. The van der Waals surface area contributed by atoms with Crippen LogP contribution in [0.1, 0.15) is 31.2 Å². The quantitative estimate of drug-likeness (QED) is 0.698. The predicted molar refractivity (Wildman–Crippen MR) is 95.4 cm³/mol. The number of hydrogen-bond donors (Lipinski definition) is 2. The molecule has 1 aliphatic rings. The van der Waals surface area contributed by atoms with Crippen LogP contribution in [0.5, 0.6) is 0 Å². The van der Waals surface area contributed by atoms with E-state index in [9.17, 15) is 14.3 Å². The maximum absolute atomic E-state index is 13.3. The molecule has 0 radical (unpaired) electrons. The molecule has 2 N–H and O–H groups in total. The fourth-order valence-corrected chi connectivity index (χ4v) is 3.05. The van der Waals surface area contributed by atoms with Gasteiger partial charge in [-0.1, -0.05) is 18.1 Å². The Labute approximate surface area is 153 Å². The molecule has 6 heteroatoms.